The molecule has 0 bridgehead atoms. The summed E-state index contributed by atoms with van der Waals surface area (Å²) in [5.41, 5.74) is 6.45. The average molecular weight is 314 g/mol. The Labute approximate surface area is 115 Å². The molecule has 2 atom stereocenters. The Morgan fingerprint density at radius 3 is 2.72 bits per heavy atom. The van der Waals surface area contributed by atoms with E-state index >= 15 is 0 Å². The number of hydrogen-bond donors (Lipinski definition) is 1. The molecule has 1 aromatic rings. The van der Waals surface area contributed by atoms with Gasteiger partial charge in [-0.2, -0.15) is 0 Å². The zero-order valence-corrected chi connectivity index (χ0v) is 11.6. The fourth-order valence-corrected chi connectivity index (χ4v) is 2.14. The Kier molecular flexibility index (Phi) is 4.74. The van der Waals surface area contributed by atoms with Gasteiger partial charge < -0.3 is 15.2 Å². The zero-order valence-electron chi connectivity index (χ0n) is 9.97. The van der Waals surface area contributed by atoms with E-state index in [4.69, 9.17) is 15.2 Å². The van der Waals surface area contributed by atoms with E-state index in [9.17, 15) is 4.79 Å². The minimum atomic E-state index is -0.450. The van der Waals surface area contributed by atoms with E-state index < -0.39 is 6.10 Å². The van der Waals surface area contributed by atoms with E-state index in [2.05, 4.69) is 15.9 Å². The molecule has 1 aromatic carbocycles. The Balaban J connectivity index is 1.80. The third-order valence-electron chi connectivity index (χ3n) is 2.93. The molecule has 1 aliphatic rings. The van der Waals surface area contributed by atoms with Crippen LogP contribution in [0.5, 0.6) is 0 Å². The van der Waals surface area contributed by atoms with Gasteiger partial charge in [-0.3, -0.25) is 0 Å². The summed E-state index contributed by atoms with van der Waals surface area (Å²) < 4.78 is 11.7. The van der Waals surface area contributed by atoms with Gasteiger partial charge in [0.1, 0.15) is 6.61 Å². The molecular formula is C13H16BrNO3. The van der Waals surface area contributed by atoms with Crippen LogP contribution in [0.1, 0.15) is 18.4 Å². The Bertz CT molecular complexity index is 407. The van der Waals surface area contributed by atoms with Gasteiger partial charge in [0.25, 0.3) is 0 Å². The van der Waals surface area contributed by atoms with Gasteiger partial charge >= 0.3 is 5.97 Å². The van der Waals surface area contributed by atoms with Crippen LogP contribution in [0, 0.1) is 0 Å². The summed E-state index contributed by atoms with van der Waals surface area (Å²) in [7, 11) is 0. The predicted molar refractivity (Wildman–Crippen MR) is 70.9 cm³/mol. The smallest absolute Gasteiger partial charge is 0.335 e. The van der Waals surface area contributed by atoms with Crippen LogP contribution in [-0.2, 0) is 20.9 Å². The van der Waals surface area contributed by atoms with Gasteiger partial charge in [-0.05, 0) is 30.5 Å². The van der Waals surface area contributed by atoms with Gasteiger partial charge in [0, 0.05) is 11.0 Å². The van der Waals surface area contributed by atoms with Crippen molar-refractivity contribution in [2.24, 2.45) is 5.73 Å². The van der Waals surface area contributed by atoms with Crippen LogP contribution in [-0.4, -0.2) is 24.7 Å². The quantitative estimate of drug-likeness (QED) is 0.864. The lowest BCUT2D eigenvalue weighted by atomic mass is 10.2. The van der Waals surface area contributed by atoms with Crippen molar-refractivity contribution in [1.29, 1.82) is 0 Å². The van der Waals surface area contributed by atoms with Crippen molar-refractivity contribution in [2.45, 2.75) is 31.7 Å². The van der Waals surface area contributed by atoms with Crippen LogP contribution < -0.4 is 5.73 Å². The summed E-state index contributed by atoms with van der Waals surface area (Å²) in [6, 6.07) is 7.66. The van der Waals surface area contributed by atoms with Crippen LogP contribution in [0.4, 0.5) is 0 Å². The second kappa shape index (κ2) is 6.31. The minimum absolute atomic E-state index is 0.00442. The Hall–Kier alpha value is -0.910. The maximum absolute atomic E-state index is 11.7. The third-order valence-corrected chi connectivity index (χ3v) is 3.46. The molecule has 1 heterocycles. The topological polar surface area (TPSA) is 61.6 Å². The predicted octanol–water partition coefficient (Wildman–Crippen LogP) is 2.00. The summed E-state index contributed by atoms with van der Waals surface area (Å²) in [6.45, 7) is 0.732. The first-order valence-electron chi connectivity index (χ1n) is 5.95. The number of ether oxygens (including phenoxy) is 2. The number of benzene rings is 1. The van der Waals surface area contributed by atoms with Gasteiger partial charge in [-0.25, -0.2) is 4.79 Å². The zero-order chi connectivity index (χ0) is 13.0. The van der Waals surface area contributed by atoms with Crippen molar-refractivity contribution < 1.29 is 14.3 Å². The highest BCUT2D eigenvalue weighted by atomic mass is 79.9. The van der Waals surface area contributed by atoms with Crippen molar-refractivity contribution in [3.8, 4) is 0 Å². The molecule has 0 saturated carbocycles. The number of carbonyl (C=O) groups excluding carboxylic acids is 1. The molecule has 1 aliphatic heterocycles. The first-order valence-corrected chi connectivity index (χ1v) is 6.75. The van der Waals surface area contributed by atoms with Crippen molar-refractivity contribution >= 4 is 21.9 Å². The van der Waals surface area contributed by atoms with Gasteiger partial charge in [-0.15, -0.1) is 0 Å². The van der Waals surface area contributed by atoms with Crippen LogP contribution in [0.25, 0.3) is 0 Å². The Morgan fingerprint density at radius 2 is 2.11 bits per heavy atom. The molecule has 0 amide bonds. The largest absolute Gasteiger partial charge is 0.459 e. The number of carbonyl (C=O) groups is 1. The van der Waals surface area contributed by atoms with E-state index in [1.54, 1.807) is 0 Å². The second-order valence-electron chi connectivity index (χ2n) is 4.29. The molecule has 0 spiro atoms. The van der Waals surface area contributed by atoms with Gasteiger partial charge in [0.05, 0.1) is 6.10 Å². The molecular weight excluding hydrogens is 298 g/mol. The SMILES string of the molecule is NCC1CCC(C(=O)OCc2ccc(Br)cc2)O1. The molecule has 1 saturated heterocycles. The van der Waals surface area contributed by atoms with E-state index in [0.717, 1.165) is 16.5 Å². The number of esters is 1. The second-order valence-corrected chi connectivity index (χ2v) is 5.21. The maximum atomic E-state index is 11.7. The summed E-state index contributed by atoms with van der Waals surface area (Å²) >= 11 is 3.35. The number of halogens is 1. The van der Waals surface area contributed by atoms with Crippen LogP contribution in [0.15, 0.2) is 28.7 Å². The van der Waals surface area contributed by atoms with E-state index in [1.165, 1.54) is 0 Å². The monoisotopic (exact) mass is 313 g/mol. The van der Waals surface area contributed by atoms with E-state index in [1.807, 2.05) is 24.3 Å². The van der Waals surface area contributed by atoms with Crippen LogP contribution in [0.3, 0.4) is 0 Å². The molecule has 2 N–H and O–H groups in total. The molecule has 18 heavy (non-hydrogen) atoms. The van der Waals surface area contributed by atoms with Crippen molar-refractivity contribution in [1.82, 2.24) is 0 Å². The summed E-state index contributed by atoms with van der Waals surface area (Å²) in [5.74, 6) is -0.297. The molecule has 0 radical (unpaired) electrons. The summed E-state index contributed by atoms with van der Waals surface area (Å²) in [5, 5.41) is 0. The molecule has 0 aromatic heterocycles. The highest BCUT2D eigenvalue weighted by Gasteiger charge is 2.30. The highest BCUT2D eigenvalue weighted by molar-refractivity contribution is 9.10. The summed E-state index contributed by atoms with van der Waals surface area (Å²) in [6.07, 6.45) is 1.07. The van der Waals surface area contributed by atoms with Crippen molar-refractivity contribution in [3.63, 3.8) is 0 Å². The minimum Gasteiger partial charge on any atom is -0.459 e. The first-order chi connectivity index (χ1) is 8.69. The number of nitrogens with two attached hydrogens (primary N) is 1. The molecule has 2 unspecified atom stereocenters. The lowest BCUT2D eigenvalue weighted by molar-refractivity contribution is -0.157. The molecule has 0 aliphatic carbocycles. The molecule has 1 fully saturated rings. The lowest BCUT2D eigenvalue weighted by Gasteiger charge is -2.12. The standard InChI is InChI=1S/C13H16BrNO3/c14-10-3-1-9(2-4-10)8-17-13(16)12-6-5-11(7-15)18-12/h1-4,11-12H,5-8,15H2. The van der Waals surface area contributed by atoms with Crippen molar-refractivity contribution in [2.75, 3.05) is 6.54 Å². The number of rotatable bonds is 4. The average Bonchev–Trinajstić information content (AvgIpc) is 2.86. The fourth-order valence-electron chi connectivity index (χ4n) is 1.88. The summed E-state index contributed by atoms with van der Waals surface area (Å²) in [4.78, 5) is 11.7. The fraction of sp³-hybridized carbons (Fsp3) is 0.462. The lowest BCUT2D eigenvalue weighted by Crippen LogP contribution is -2.26. The molecule has 2 rings (SSSR count). The highest BCUT2D eigenvalue weighted by Crippen LogP contribution is 2.20. The van der Waals surface area contributed by atoms with Crippen LogP contribution >= 0.6 is 15.9 Å². The maximum Gasteiger partial charge on any atom is 0.335 e. The van der Waals surface area contributed by atoms with E-state index in [-0.39, 0.29) is 18.7 Å². The number of hydrogen-bond acceptors (Lipinski definition) is 4. The van der Waals surface area contributed by atoms with Crippen molar-refractivity contribution in [3.05, 3.63) is 34.3 Å². The molecule has 98 valence electrons. The Morgan fingerprint density at radius 1 is 1.39 bits per heavy atom. The van der Waals surface area contributed by atoms with Gasteiger partial charge in [0.15, 0.2) is 6.10 Å². The van der Waals surface area contributed by atoms with E-state index in [0.29, 0.717) is 13.0 Å². The van der Waals surface area contributed by atoms with Crippen LogP contribution in [0.2, 0.25) is 0 Å². The molecule has 5 heteroatoms. The van der Waals surface area contributed by atoms with Gasteiger partial charge in [0.2, 0.25) is 0 Å². The normalized spacial score (nSPS) is 23.0. The first kappa shape index (κ1) is 13.5. The molecule has 4 nitrogen and oxygen atoms in total. The van der Waals surface area contributed by atoms with Gasteiger partial charge in [-0.1, -0.05) is 28.1 Å². The third kappa shape index (κ3) is 3.54.